The van der Waals surface area contributed by atoms with Crippen LogP contribution in [0.15, 0.2) is 18.2 Å². The summed E-state index contributed by atoms with van der Waals surface area (Å²) in [6.07, 6.45) is 4.01. The van der Waals surface area contributed by atoms with E-state index in [1.807, 2.05) is 6.07 Å². The molecule has 22 heavy (non-hydrogen) atoms. The Labute approximate surface area is 129 Å². The molecular weight excluding hydrogens is 282 g/mol. The van der Waals surface area contributed by atoms with E-state index < -0.39 is 11.4 Å². The molecule has 1 amide bonds. The standard InChI is InChI=1S/C17H21NO4/c1-22-13-5-6-14-11(9-13)3-2-4-12(14)10-18-15(19)17(7-8-17)16(20)21/h5-6,9,12H,2-4,7-8,10H2,1H3,(H,18,19)(H,20,21). The van der Waals surface area contributed by atoms with Gasteiger partial charge in [-0.2, -0.15) is 0 Å². The molecule has 0 radical (unpaired) electrons. The molecule has 1 aromatic carbocycles. The number of amides is 1. The molecule has 1 fully saturated rings. The van der Waals surface area contributed by atoms with Gasteiger partial charge < -0.3 is 15.2 Å². The molecule has 0 aliphatic heterocycles. The van der Waals surface area contributed by atoms with Crippen molar-refractivity contribution in [1.29, 1.82) is 0 Å². The third-order valence-corrected chi connectivity index (χ3v) is 4.89. The summed E-state index contributed by atoms with van der Waals surface area (Å²) in [6.45, 7) is 0.507. The van der Waals surface area contributed by atoms with E-state index in [1.165, 1.54) is 11.1 Å². The second kappa shape index (κ2) is 5.63. The Bertz CT molecular complexity index is 607. The van der Waals surface area contributed by atoms with Crippen LogP contribution in [0.25, 0.3) is 0 Å². The summed E-state index contributed by atoms with van der Waals surface area (Å²) in [6, 6.07) is 6.07. The molecule has 1 aromatic rings. The van der Waals surface area contributed by atoms with Crippen LogP contribution < -0.4 is 10.1 Å². The number of methoxy groups -OCH3 is 1. The highest BCUT2D eigenvalue weighted by Gasteiger charge is 2.57. The average molecular weight is 303 g/mol. The minimum atomic E-state index is -1.16. The Morgan fingerprint density at radius 2 is 2.18 bits per heavy atom. The maximum absolute atomic E-state index is 12.1. The number of aliphatic carboxylic acids is 1. The highest BCUT2D eigenvalue weighted by Crippen LogP contribution is 2.46. The Hall–Kier alpha value is -2.04. The van der Waals surface area contributed by atoms with E-state index in [0.717, 1.165) is 25.0 Å². The first-order valence-corrected chi connectivity index (χ1v) is 7.75. The molecule has 2 aliphatic carbocycles. The van der Waals surface area contributed by atoms with Gasteiger partial charge in [-0.15, -0.1) is 0 Å². The molecular formula is C17H21NO4. The predicted octanol–water partition coefficient (Wildman–Crippen LogP) is 2.10. The molecule has 2 aliphatic rings. The largest absolute Gasteiger partial charge is 0.497 e. The molecule has 5 nitrogen and oxygen atoms in total. The number of carboxylic acid groups (broad SMARTS) is 1. The van der Waals surface area contributed by atoms with Gasteiger partial charge in [0.2, 0.25) is 5.91 Å². The molecule has 0 bridgehead atoms. The quantitative estimate of drug-likeness (QED) is 0.817. The van der Waals surface area contributed by atoms with Crippen molar-refractivity contribution in [3.8, 4) is 5.75 Å². The smallest absolute Gasteiger partial charge is 0.319 e. The van der Waals surface area contributed by atoms with Gasteiger partial charge in [0.15, 0.2) is 0 Å². The molecule has 0 spiro atoms. The monoisotopic (exact) mass is 303 g/mol. The van der Waals surface area contributed by atoms with E-state index in [4.69, 9.17) is 9.84 Å². The highest BCUT2D eigenvalue weighted by molar-refractivity contribution is 6.04. The normalized spacial score (nSPS) is 21.6. The van der Waals surface area contributed by atoms with Crippen molar-refractivity contribution in [2.45, 2.75) is 38.0 Å². The summed E-state index contributed by atoms with van der Waals surface area (Å²) < 4.78 is 5.26. The van der Waals surface area contributed by atoms with Crippen molar-refractivity contribution in [2.75, 3.05) is 13.7 Å². The number of aryl methyl sites for hydroxylation is 1. The van der Waals surface area contributed by atoms with E-state index in [9.17, 15) is 9.59 Å². The van der Waals surface area contributed by atoms with Crippen molar-refractivity contribution >= 4 is 11.9 Å². The third kappa shape index (κ3) is 2.56. The van der Waals surface area contributed by atoms with E-state index in [2.05, 4.69) is 17.4 Å². The number of nitrogens with one attached hydrogen (secondary N) is 1. The zero-order valence-electron chi connectivity index (χ0n) is 12.7. The fraction of sp³-hybridized carbons (Fsp3) is 0.529. The number of carbonyl (C=O) groups is 2. The van der Waals surface area contributed by atoms with Gasteiger partial charge in [-0.3, -0.25) is 9.59 Å². The van der Waals surface area contributed by atoms with Gasteiger partial charge in [-0.1, -0.05) is 6.07 Å². The molecule has 0 aromatic heterocycles. The number of ether oxygens (including phenoxy) is 1. The molecule has 2 N–H and O–H groups in total. The van der Waals surface area contributed by atoms with Gasteiger partial charge >= 0.3 is 5.97 Å². The lowest BCUT2D eigenvalue weighted by atomic mass is 9.82. The summed E-state index contributed by atoms with van der Waals surface area (Å²) in [5, 5.41) is 12.0. The fourth-order valence-corrected chi connectivity index (χ4v) is 3.28. The first-order chi connectivity index (χ1) is 10.6. The lowest BCUT2D eigenvalue weighted by Crippen LogP contribution is -2.39. The number of carbonyl (C=O) groups excluding carboxylic acids is 1. The summed E-state index contributed by atoms with van der Waals surface area (Å²) in [7, 11) is 1.66. The van der Waals surface area contributed by atoms with Crippen molar-refractivity contribution in [3.63, 3.8) is 0 Å². The van der Waals surface area contributed by atoms with Crippen LogP contribution in [0.4, 0.5) is 0 Å². The van der Waals surface area contributed by atoms with Crippen LogP contribution in [0.3, 0.4) is 0 Å². The van der Waals surface area contributed by atoms with Crippen LogP contribution in [0.5, 0.6) is 5.75 Å². The van der Waals surface area contributed by atoms with E-state index in [-0.39, 0.29) is 11.8 Å². The van der Waals surface area contributed by atoms with E-state index >= 15 is 0 Å². The van der Waals surface area contributed by atoms with Crippen molar-refractivity contribution in [3.05, 3.63) is 29.3 Å². The lowest BCUT2D eigenvalue weighted by Gasteiger charge is -2.26. The second-order valence-electron chi connectivity index (χ2n) is 6.25. The second-order valence-corrected chi connectivity index (χ2v) is 6.25. The lowest BCUT2D eigenvalue weighted by molar-refractivity contribution is -0.149. The zero-order chi connectivity index (χ0) is 15.7. The van der Waals surface area contributed by atoms with Crippen molar-refractivity contribution in [2.24, 2.45) is 5.41 Å². The molecule has 5 heteroatoms. The first kappa shape index (κ1) is 14.9. The summed E-state index contributed by atoms with van der Waals surface area (Å²) >= 11 is 0. The minimum absolute atomic E-state index is 0.253. The van der Waals surface area contributed by atoms with Gasteiger partial charge in [0.25, 0.3) is 0 Å². The maximum Gasteiger partial charge on any atom is 0.319 e. The van der Waals surface area contributed by atoms with Crippen LogP contribution in [0.2, 0.25) is 0 Å². The van der Waals surface area contributed by atoms with Crippen molar-refractivity contribution < 1.29 is 19.4 Å². The van der Waals surface area contributed by atoms with Crippen molar-refractivity contribution in [1.82, 2.24) is 5.32 Å². The van der Waals surface area contributed by atoms with E-state index in [0.29, 0.717) is 19.4 Å². The highest BCUT2D eigenvalue weighted by atomic mass is 16.5. The third-order valence-electron chi connectivity index (χ3n) is 4.89. The molecule has 1 atom stereocenters. The zero-order valence-corrected chi connectivity index (χ0v) is 12.7. The number of fused-ring (bicyclic) bond motifs is 1. The molecule has 0 heterocycles. The summed E-state index contributed by atoms with van der Waals surface area (Å²) in [4.78, 5) is 23.3. The van der Waals surface area contributed by atoms with Gasteiger partial charge in [0.05, 0.1) is 7.11 Å². The van der Waals surface area contributed by atoms with Crippen LogP contribution in [0.1, 0.15) is 42.7 Å². The van der Waals surface area contributed by atoms with E-state index in [1.54, 1.807) is 7.11 Å². The molecule has 1 unspecified atom stereocenters. The first-order valence-electron chi connectivity index (χ1n) is 7.75. The maximum atomic E-state index is 12.1. The topological polar surface area (TPSA) is 75.6 Å². The minimum Gasteiger partial charge on any atom is -0.497 e. The number of carboxylic acids is 1. The molecule has 0 saturated heterocycles. The predicted molar refractivity (Wildman–Crippen MR) is 81.0 cm³/mol. The summed E-state index contributed by atoms with van der Waals surface area (Å²) in [5.74, 6) is -0.228. The number of hydrogen-bond acceptors (Lipinski definition) is 3. The van der Waals surface area contributed by atoms with Crippen LogP contribution in [-0.4, -0.2) is 30.6 Å². The van der Waals surface area contributed by atoms with Crippen LogP contribution in [0, 0.1) is 5.41 Å². The van der Waals surface area contributed by atoms with Gasteiger partial charge in [-0.25, -0.2) is 0 Å². The van der Waals surface area contributed by atoms with Crippen LogP contribution in [-0.2, 0) is 16.0 Å². The van der Waals surface area contributed by atoms with Gasteiger partial charge in [-0.05, 0) is 55.4 Å². The Morgan fingerprint density at radius 3 is 2.82 bits per heavy atom. The average Bonchev–Trinajstić information content (AvgIpc) is 3.33. The Balaban J connectivity index is 1.68. The number of benzene rings is 1. The number of rotatable bonds is 5. The van der Waals surface area contributed by atoms with Crippen LogP contribution >= 0.6 is 0 Å². The Morgan fingerprint density at radius 1 is 1.41 bits per heavy atom. The molecule has 1 saturated carbocycles. The molecule has 118 valence electrons. The SMILES string of the molecule is COc1ccc2c(c1)CCCC2CNC(=O)C1(C(=O)O)CC1. The Kier molecular flexibility index (Phi) is 3.81. The molecule has 3 rings (SSSR count). The fourth-order valence-electron chi connectivity index (χ4n) is 3.28. The summed E-state index contributed by atoms with van der Waals surface area (Å²) in [5.41, 5.74) is 1.36. The van der Waals surface area contributed by atoms with Gasteiger partial charge in [0, 0.05) is 12.5 Å². The number of hydrogen-bond donors (Lipinski definition) is 2. The van der Waals surface area contributed by atoms with Gasteiger partial charge in [0.1, 0.15) is 11.2 Å².